The zero-order valence-electron chi connectivity index (χ0n) is 8.20. The van der Waals surface area contributed by atoms with Crippen LogP contribution in [0.25, 0.3) is 0 Å². The Labute approximate surface area is 83.2 Å². The predicted molar refractivity (Wildman–Crippen MR) is 52.4 cm³/mol. The monoisotopic (exact) mass is 193 g/mol. The summed E-state index contributed by atoms with van der Waals surface area (Å²) in [5.41, 5.74) is 6.81. The molecular weight excluding hydrogens is 178 g/mol. The van der Waals surface area contributed by atoms with Crippen molar-refractivity contribution in [2.75, 3.05) is 0 Å². The molecule has 0 fully saturated rings. The van der Waals surface area contributed by atoms with Gasteiger partial charge in [-0.3, -0.25) is 0 Å². The first kappa shape index (κ1) is 9.40. The van der Waals surface area contributed by atoms with Gasteiger partial charge in [0.2, 0.25) is 11.8 Å². The molecule has 1 aromatic rings. The molecule has 0 amide bonds. The molecule has 0 bridgehead atoms. The molecule has 0 aliphatic heterocycles. The SMILES string of the molecule is NCc1nnc(CC2=CCCCC2)o1. The molecule has 0 radical (unpaired) electrons. The van der Waals surface area contributed by atoms with E-state index in [2.05, 4.69) is 16.3 Å². The zero-order valence-corrected chi connectivity index (χ0v) is 8.20. The predicted octanol–water partition coefficient (Wildman–Crippen LogP) is 1.57. The van der Waals surface area contributed by atoms with Crippen molar-refractivity contribution in [3.05, 3.63) is 23.4 Å². The topological polar surface area (TPSA) is 64.9 Å². The summed E-state index contributed by atoms with van der Waals surface area (Å²) in [6.45, 7) is 0.325. The van der Waals surface area contributed by atoms with Crippen LogP contribution < -0.4 is 5.73 Å². The first-order valence-electron chi connectivity index (χ1n) is 5.07. The standard InChI is InChI=1S/C10H15N3O/c11-7-10-13-12-9(14-10)6-8-4-2-1-3-5-8/h4H,1-3,5-7,11H2. The van der Waals surface area contributed by atoms with Crippen molar-refractivity contribution < 1.29 is 4.42 Å². The van der Waals surface area contributed by atoms with E-state index in [0.717, 1.165) is 6.42 Å². The highest BCUT2D eigenvalue weighted by Gasteiger charge is 2.09. The molecular formula is C10H15N3O. The van der Waals surface area contributed by atoms with E-state index in [1.807, 2.05) is 0 Å². The van der Waals surface area contributed by atoms with Crippen molar-refractivity contribution >= 4 is 0 Å². The summed E-state index contributed by atoms with van der Waals surface area (Å²) in [7, 11) is 0. The van der Waals surface area contributed by atoms with Crippen molar-refractivity contribution in [2.24, 2.45) is 5.73 Å². The van der Waals surface area contributed by atoms with Crippen LogP contribution in [0, 0.1) is 0 Å². The van der Waals surface area contributed by atoms with E-state index < -0.39 is 0 Å². The number of hydrogen-bond donors (Lipinski definition) is 1. The van der Waals surface area contributed by atoms with Crippen LogP contribution in [0.3, 0.4) is 0 Å². The van der Waals surface area contributed by atoms with Gasteiger partial charge in [-0.2, -0.15) is 0 Å². The molecule has 0 spiro atoms. The van der Waals surface area contributed by atoms with E-state index >= 15 is 0 Å². The van der Waals surface area contributed by atoms with Gasteiger partial charge in [-0.25, -0.2) is 0 Å². The summed E-state index contributed by atoms with van der Waals surface area (Å²) < 4.78 is 5.35. The van der Waals surface area contributed by atoms with Gasteiger partial charge in [-0.1, -0.05) is 11.6 Å². The van der Waals surface area contributed by atoms with Gasteiger partial charge in [0.1, 0.15) is 0 Å². The number of aromatic nitrogens is 2. The number of allylic oxidation sites excluding steroid dienone is 2. The zero-order chi connectivity index (χ0) is 9.80. The molecule has 4 heteroatoms. The third-order valence-electron chi connectivity index (χ3n) is 2.45. The highest BCUT2D eigenvalue weighted by Crippen LogP contribution is 2.20. The molecule has 14 heavy (non-hydrogen) atoms. The summed E-state index contributed by atoms with van der Waals surface area (Å²) >= 11 is 0. The normalized spacial score (nSPS) is 16.8. The van der Waals surface area contributed by atoms with Crippen LogP contribution in [-0.4, -0.2) is 10.2 Å². The molecule has 1 aromatic heterocycles. The third-order valence-corrected chi connectivity index (χ3v) is 2.45. The highest BCUT2D eigenvalue weighted by molar-refractivity contribution is 5.09. The largest absolute Gasteiger partial charge is 0.424 e. The van der Waals surface area contributed by atoms with Gasteiger partial charge < -0.3 is 10.2 Å². The van der Waals surface area contributed by atoms with Crippen LogP contribution in [0.15, 0.2) is 16.1 Å². The van der Waals surface area contributed by atoms with Gasteiger partial charge >= 0.3 is 0 Å². The van der Waals surface area contributed by atoms with Crippen LogP contribution in [0.4, 0.5) is 0 Å². The van der Waals surface area contributed by atoms with Gasteiger partial charge in [-0.15, -0.1) is 10.2 Å². The van der Waals surface area contributed by atoms with Crippen LogP contribution in [0.2, 0.25) is 0 Å². The highest BCUT2D eigenvalue weighted by atomic mass is 16.4. The minimum atomic E-state index is 0.325. The lowest BCUT2D eigenvalue weighted by Gasteiger charge is -2.09. The smallest absolute Gasteiger partial charge is 0.230 e. The quantitative estimate of drug-likeness (QED) is 0.740. The van der Waals surface area contributed by atoms with Crippen molar-refractivity contribution in [1.82, 2.24) is 10.2 Å². The van der Waals surface area contributed by atoms with Crippen molar-refractivity contribution in [1.29, 1.82) is 0 Å². The molecule has 1 aliphatic carbocycles. The second kappa shape index (κ2) is 4.37. The molecule has 2 rings (SSSR count). The second-order valence-electron chi connectivity index (χ2n) is 3.58. The molecule has 4 nitrogen and oxygen atoms in total. The fourth-order valence-electron chi connectivity index (χ4n) is 1.70. The van der Waals surface area contributed by atoms with E-state index in [0.29, 0.717) is 18.3 Å². The van der Waals surface area contributed by atoms with E-state index in [1.165, 1.54) is 31.3 Å². The van der Waals surface area contributed by atoms with E-state index in [-0.39, 0.29) is 0 Å². The van der Waals surface area contributed by atoms with Crippen molar-refractivity contribution in [2.45, 2.75) is 38.6 Å². The van der Waals surface area contributed by atoms with Gasteiger partial charge in [0.05, 0.1) is 6.54 Å². The summed E-state index contributed by atoms with van der Waals surface area (Å²) in [4.78, 5) is 0. The maximum atomic E-state index is 5.39. The Morgan fingerprint density at radius 3 is 2.79 bits per heavy atom. The van der Waals surface area contributed by atoms with Crippen LogP contribution in [0.1, 0.15) is 37.5 Å². The molecule has 76 valence electrons. The molecule has 0 saturated carbocycles. The summed E-state index contributed by atoms with van der Waals surface area (Å²) in [5.74, 6) is 1.22. The Morgan fingerprint density at radius 2 is 2.14 bits per heavy atom. The van der Waals surface area contributed by atoms with Crippen molar-refractivity contribution in [3.8, 4) is 0 Å². The number of nitrogens with two attached hydrogens (primary N) is 1. The fraction of sp³-hybridized carbons (Fsp3) is 0.600. The Bertz CT molecular complexity index is 330. The molecule has 0 saturated heterocycles. The Balaban J connectivity index is 1.99. The van der Waals surface area contributed by atoms with Gasteiger partial charge in [0, 0.05) is 6.42 Å². The average Bonchev–Trinajstić information content (AvgIpc) is 2.67. The minimum Gasteiger partial charge on any atom is -0.424 e. The average molecular weight is 193 g/mol. The van der Waals surface area contributed by atoms with Crippen LogP contribution in [-0.2, 0) is 13.0 Å². The molecule has 1 aliphatic rings. The third kappa shape index (κ3) is 2.20. The molecule has 0 aromatic carbocycles. The number of hydrogen-bond acceptors (Lipinski definition) is 4. The fourth-order valence-corrected chi connectivity index (χ4v) is 1.70. The minimum absolute atomic E-state index is 0.325. The summed E-state index contributed by atoms with van der Waals surface area (Å²) in [6.07, 6.45) is 8.03. The van der Waals surface area contributed by atoms with Crippen molar-refractivity contribution in [3.63, 3.8) is 0 Å². The first-order valence-corrected chi connectivity index (χ1v) is 5.07. The Kier molecular flexibility index (Phi) is 2.93. The molecule has 1 heterocycles. The Hall–Kier alpha value is -1.16. The lowest BCUT2D eigenvalue weighted by molar-refractivity contribution is 0.455. The lowest BCUT2D eigenvalue weighted by atomic mass is 9.97. The van der Waals surface area contributed by atoms with E-state index in [1.54, 1.807) is 0 Å². The maximum absolute atomic E-state index is 5.39. The first-order chi connectivity index (χ1) is 6.88. The molecule has 0 unspecified atom stereocenters. The summed E-state index contributed by atoms with van der Waals surface area (Å²) in [5, 5.41) is 7.77. The molecule has 2 N–H and O–H groups in total. The van der Waals surface area contributed by atoms with Gasteiger partial charge in [0.15, 0.2) is 0 Å². The number of rotatable bonds is 3. The van der Waals surface area contributed by atoms with Gasteiger partial charge in [0.25, 0.3) is 0 Å². The summed E-state index contributed by atoms with van der Waals surface area (Å²) in [6, 6.07) is 0. The van der Waals surface area contributed by atoms with Gasteiger partial charge in [-0.05, 0) is 25.7 Å². The van der Waals surface area contributed by atoms with Crippen LogP contribution >= 0.6 is 0 Å². The van der Waals surface area contributed by atoms with E-state index in [9.17, 15) is 0 Å². The molecule has 0 atom stereocenters. The second-order valence-corrected chi connectivity index (χ2v) is 3.58. The maximum Gasteiger partial charge on any atom is 0.230 e. The van der Waals surface area contributed by atoms with Crippen LogP contribution in [0.5, 0.6) is 0 Å². The lowest BCUT2D eigenvalue weighted by Crippen LogP contribution is -1.96. The Morgan fingerprint density at radius 1 is 1.29 bits per heavy atom. The number of nitrogens with zero attached hydrogens (tertiary/aromatic N) is 2. The van der Waals surface area contributed by atoms with E-state index in [4.69, 9.17) is 10.2 Å².